The highest BCUT2D eigenvalue weighted by molar-refractivity contribution is 7.13. The summed E-state index contributed by atoms with van der Waals surface area (Å²) in [6, 6.07) is 15.4. The average molecular weight is 434 g/mol. The van der Waals surface area contributed by atoms with E-state index in [4.69, 9.17) is 4.74 Å². The van der Waals surface area contributed by atoms with Crippen molar-refractivity contribution < 1.29 is 13.9 Å². The number of carbonyl (C=O) groups is 1. The minimum Gasteiger partial charge on any atom is -0.497 e. The SMILES string of the molecule is COc1ccc(CNc2cc(-c3scnc3C)cnc2C(=O)c2ccccc2F)cc1. The topological polar surface area (TPSA) is 64.1 Å². The lowest BCUT2D eigenvalue weighted by molar-refractivity contribution is 0.103. The van der Waals surface area contributed by atoms with Gasteiger partial charge in [-0.15, -0.1) is 11.3 Å². The van der Waals surface area contributed by atoms with Crippen LogP contribution in [0.5, 0.6) is 5.75 Å². The first-order valence-electron chi connectivity index (χ1n) is 9.63. The van der Waals surface area contributed by atoms with E-state index in [1.54, 1.807) is 30.9 Å². The van der Waals surface area contributed by atoms with E-state index in [1.807, 2.05) is 37.3 Å². The molecular weight excluding hydrogens is 413 g/mol. The van der Waals surface area contributed by atoms with Gasteiger partial charge in [0, 0.05) is 18.3 Å². The minimum atomic E-state index is -0.571. The van der Waals surface area contributed by atoms with Crippen LogP contribution in [0.25, 0.3) is 10.4 Å². The van der Waals surface area contributed by atoms with E-state index in [0.29, 0.717) is 12.2 Å². The number of nitrogens with one attached hydrogen (secondary N) is 1. The van der Waals surface area contributed by atoms with Crippen LogP contribution in [0.2, 0.25) is 0 Å². The number of rotatable bonds is 7. The summed E-state index contributed by atoms with van der Waals surface area (Å²) < 4.78 is 19.4. The second-order valence-electron chi connectivity index (χ2n) is 6.90. The van der Waals surface area contributed by atoms with E-state index in [-0.39, 0.29) is 11.3 Å². The molecule has 4 rings (SSSR count). The second-order valence-corrected chi connectivity index (χ2v) is 7.75. The van der Waals surface area contributed by atoms with Gasteiger partial charge in [-0.05, 0) is 42.8 Å². The number of nitrogens with zero attached hydrogens (tertiary/aromatic N) is 2. The van der Waals surface area contributed by atoms with Crippen molar-refractivity contribution in [2.45, 2.75) is 13.5 Å². The molecule has 2 aromatic heterocycles. The fourth-order valence-electron chi connectivity index (χ4n) is 3.20. The van der Waals surface area contributed by atoms with Crippen molar-refractivity contribution >= 4 is 22.8 Å². The number of ether oxygens (including phenoxy) is 1. The molecule has 7 heteroatoms. The lowest BCUT2D eigenvalue weighted by Gasteiger charge is -2.13. The predicted octanol–water partition coefficient (Wildman–Crippen LogP) is 5.50. The van der Waals surface area contributed by atoms with E-state index >= 15 is 0 Å². The fraction of sp³-hybridized carbons (Fsp3) is 0.125. The lowest BCUT2D eigenvalue weighted by atomic mass is 10.0. The largest absolute Gasteiger partial charge is 0.497 e. The van der Waals surface area contributed by atoms with Gasteiger partial charge in [0.15, 0.2) is 0 Å². The highest BCUT2D eigenvalue weighted by Gasteiger charge is 2.20. The molecule has 1 N–H and O–H groups in total. The third-order valence-electron chi connectivity index (χ3n) is 4.87. The maximum Gasteiger partial charge on any atom is 0.216 e. The highest BCUT2D eigenvalue weighted by atomic mass is 32.1. The van der Waals surface area contributed by atoms with E-state index in [0.717, 1.165) is 27.4 Å². The molecule has 5 nitrogen and oxygen atoms in total. The van der Waals surface area contributed by atoms with Crippen LogP contribution in [0.15, 0.2) is 66.3 Å². The van der Waals surface area contributed by atoms with E-state index in [2.05, 4.69) is 15.3 Å². The van der Waals surface area contributed by atoms with Crippen LogP contribution >= 0.6 is 11.3 Å². The zero-order valence-electron chi connectivity index (χ0n) is 17.1. The number of hydrogen-bond acceptors (Lipinski definition) is 6. The molecule has 0 fully saturated rings. The van der Waals surface area contributed by atoms with Crippen molar-refractivity contribution in [1.29, 1.82) is 0 Å². The molecule has 0 amide bonds. The number of thiazole rings is 1. The Balaban J connectivity index is 1.70. The number of methoxy groups -OCH3 is 1. The molecule has 31 heavy (non-hydrogen) atoms. The van der Waals surface area contributed by atoms with Crippen LogP contribution in [-0.2, 0) is 6.54 Å². The van der Waals surface area contributed by atoms with E-state index in [1.165, 1.54) is 23.5 Å². The molecule has 2 aromatic carbocycles. The maximum absolute atomic E-state index is 14.2. The Morgan fingerprint density at radius 3 is 2.58 bits per heavy atom. The Morgan fingerprint density at radius 2 is 1.90 bits per heavy atom. The van der Waals surface area contributed by atoms with Crippen LogP contribution in [0.3, 0.4) is 0 Å². The minimum absolute atomic E-state index is 0.00998. The van der Waals surface area contributed by atoms with Gasteiger partial charge in [-0.3, -0.25) is 4.79 Å². The number of anilines is 1. The van der Waals surface area contributed by atoms with Gasteiger partial charge in [0.1, 0.15) is 17.3 Å². The maximum atomic E-state index is 14.2. The van der Waals surface area contributed by atoms with Gasteiger partial charge in [0.25, 0.3) is 0 Å². The molecule has 4 aromatic rings. The normalized spacial score (nSPS) is 10.7. The lowest BCUT2D eigenvalue weighted by Crippen LogP contribution is -2.12. The third kappa shape index (κ3) is 4.46. The smallest absolute Gasteiger partial charge is 0.216 e. The number of aryl methyl sites for hydroxylation is 1. The molecule has 156 valence electrons. The first-order chi connectivity index (χ1) is 15.1. The second kappa shape index (κ2) is 9.06. The molecule has 0 unspecified atom stereocenters. The summed E-state index contributed by atoms with van der Waals surface area (Å²) in [4.78, 5) is 22.8. The number of pyridine rings is 1. The molecule has 0 aliphatic rings. The molecule has 0 saturated heterocycles. The number of halogens is 1. The Kier molecular flexibility index (Phi) is 6.04. The zero-order chi connectivity index (χ0) is 21.8. The monoisotopic (exact) mass is 433 g/mol. The molecule has 0 atom stereocenters. The van der Waals surface area contributed by atoms with Crippen LogP contribution in [-0.4, -0.2) is 22.9 Å². The van der Waals surface area contributed by atoms with Gasteiger partial charge in [0.05, 0.1) is 34.4 Å². The zero-order valence-corrected chi connectivity index (χ0v) is 17.9. The Morgan fingerprint density at radius 1 is 1.13 bits per heavy atom. The predicted molar refractivity (Wildman–Crippen MR) is 120 cm³/mol. The Bertz CT molecular complexity index is 1220. The van der Waals surface area contributed by atoms with E-state index in [9.17, 15) is 9.18 Å². The third-order valence-corrected chi connectivity index (χ3v) is 5.85. The van der Waals surface area contributed by atoms with Crippen molar-refractivity contribution in [3.05, 3.63) is 94.6 Å². The van der Waals surface area contributed by atoms with Gasteiger partial charge in [-0.2, -0.15) is 0 Å². The molecule has 0 aliphatic heterocycles. The number of carbonyl (C=O) groups excluding carboxylic acids is 1. The van der Waals surface area contributed by atoms with Crippen molar-refractivity contribution in [3.63, 3.8) is 0 Å². The van der Waals surface area contributed by atoms with Gasteiger partial charge < -0.3 is 10.1 Å². The van der Waals surface area contributed by atoms with Gasteiger partial charge in [-0.25, -0.2) is 14.4 Å². The molecule has 0 aliphatic carbocycles. The average Bonchev–Trinajstić information content (AvgIpc) is 3.23. The van der Waals surface area contributed by atoms with Gasteiger partial charge in [0.2, 0.25) is 5.78 Å². The summed E-state index contributed by atoms with van der Waals surface area (Å²) >= 11 is 1.51. The molecule has 2 heterocycles. The number of hydrogen-bond donors (Lipinski definition) is 1. The van der Waals surface area contributed by atoms with Crippen molar-refractivity contribution in [2.75, 3.05) is 12.4 Å². The van der Waals surface area contributed by atoms with Gasteiger partial charge >= 0.3 is 0 Å². The molecular formula is C24H20FN3O2S. The summed E-state index contributed by atoms with van der Waals surface area (Å²) in [6.45, 7) is 2.39. The number of benzene rings is 2. The van der Waals surface area contributed by atoms with Crippen molar-refractivity contribution in [2.24, 2.45) is 0 Å². The summed E-state index contributed by atoms with van der Waals surface area (Å²) in [5, 5.41) is 3.30. The standard InChI is InChI=1S/C24H20FN3O2S/c1-15-24(31-14-28-15)17-11-21(26-12-16-7-9-18(30-2)10-8-16)22(27-13-17)23(29)19-5-3-4-6-20(19)25/h3-11,13-14,26H,12H2,1-2H3. The Labute approximate surface area is 183 Å². The summed E-state index contributed by atoms with van der Waals surface area (Å²) in [6.07, 6.45) is 1.63. The first-order valence-corrected chi connectivity index (χ1v) is 10.5. The number of aromatic nitrogens is 2. The summed E-state index contributed by atoms with van der Waals surface area (Å²) in [5.41, 5.74) is 5.21. The molecule has 0 bridgehead atoms. The molecule has 0 radical (unpaired) electrons. The van der Waals surface area contributed by atoms with Crippen molar-refractivity contribution in [3.8, 4) is 16.2 Å². The van der Waals surface area contributed by atoms with Crippen LogP contribution < -0.4 is 10.1 Å². The Hall–Kier alpha value is -3.58. The van der Waals surface area contributed by atoms with Crippen LogP contribution in [0.4, 0.5) is 10.1 Å². The van der Waals surface area contributed by atoms with Crippen LogP contribution in [0, 0.1) is 12.7 Å². The fourth-order valence-corrected chi connectivity index (χ4v) is 3.98. The van der Waals surface area contributed by atoms with E-state index < -0.39 is 11.6 Å². The van der Waals surface area contributed by atoms with Crippen molar-refractivity contribution in [1.82, 2.24) is 9.97 Å². The highest BCUT2D eigenvalue weighted by Crippen LogP contribution is 2.31. The number of ketones is 1. The summed E-state index contributed by atoms with van der Waals surface area (Å²) in [5.74, 6) is -0.274. The summed E-state index contributed by atoms with van der Waals surface area (Å²) in [7, 11) is 1.62. The quantitative estimate of drug-likeness (QED) is 0.390. The van der Waals surface area contributed by atoms with Gasteiger partial charge in [-0.1, -0.05) is 24.3 Å². The molecule has 0 saturated carbocycles. The van der Waals surface area contributed by atoms with Crippen LogP contribution in [0.1, 0.15) is 27.3 Å². The first kappa shape index (κ1) is 20.7. The molecule has 0 spiro atoms.